The second kappa shape index (κ2) is 7.18. The molecular weight excluding hydrogens is 331 g/mol. The molecule has 0 spiro atoms. The van der Waals surface area contributed by atoms with Crippen LogP contribution in [0.4, 0.5) is 0 Å². The summed E-state index contributed by atoms with van der Waals surface area (Å²) in [6.07, 6.45) is 1.72. The van der Waals surface area contributed by atoms with Crippen molar-refractivity contribution in [3.05, 3.63) is 76.2 Å². The number of halogens is 2. The Bertz CT molecular complexity index is 801. The normalized spacial score (nSPS) is 12.3. The van der Waals surface area contributed by atoms with Crippen LogP contribution in [0.1, 0.15) is 24.4 Å². The molecule has 0 fully saturated rings. The molecule has 3 nitrogen and oxygen atoms in total. The summed E-state index contributed by atoms with van der Waals surface area (Å²) < 4.78 is 5.78. The van der Waals surface area contributed by atoms with Gasteiger partial charge in [-0.15, -0.1) is 0 Å². The lowest BCUT2D eigenvalue weighted by atomic mass is 10.1. The molecule has 1 aromatic heterocycles. The maximum atomic E-state index is 6.02. The van der Waals surface area contributed by atoms with Gasteiger partial charge in [-0.1, -0.05) is 47.5 Å². The monoisotopic (exact) mass is 346 g/mol. The van der Waals surface area contributed by atoms with E-state index in [4.69, 9.17) is 27.6 Å². The van der Waals surface area contributed by atoms with Gasteiger partial charge in [-0.2, -0.15) is 0 Å². The van der Waals surface area contributed by atoms with E-state index in [0.717, 1.165) is 16.1 Å². The first kappa shape index (κ1) is 16.1. The third-order valence-electron chi connectivity index (χ3n) is 3.57. The molecule has 118 valence electrons. The van der Waals surface area contributed by atoms with Crippen LogP contribution in [0, 0.1) is 0 Å². The van der Waals surface area contributed by atoms with Gasteiger partial charge < -0.3 is 9.73 Å². The molecule has 0 amide bonds. The molecule has 0 aliphatic rings. The van der Waals surface area contributed by atoms with E-state index in [2.05, 4.69) is 17.2 Å². The van der Waals surface area contributed by atoms with Crippen molar-refractivity contribution in [3.8, 4) is 11.3 Å². The number of rotatable bonds is 5. The molecule has 2 aromatic carbocycles. The average Bonchev–Trinajstić information content (AvgIpc) is 3.01. The van der Waals surface area contributed by atoms with Gasteiger partial charge in [-0.25, -0.2) is 4.98 Å². The quantitative estimate of drug-likeness (QED) is 0.662. The fraction of sp³-hybridized carbons (Fsp3) is 0.167. The molecule has 0 saturated carbocycles. The van der Waals surface area contributed by atoms with E-state index in [0.29, 0.717) is 23.2 Å². The Labute approximate surface area is 145 Å². The van der Waals surface area contributed by atoms with Crippen molar-refractivity contribution in [2.24, 2.45) is 0 Å². The first-order chi connectivity index (χ1) is 11.1. The van der Waals surface area contributed by atoms with E-state index in [-0.39, 0.29) is 6.04 Å². The Hall–Kier alpha value is -1.81. The Morgan fingerprint density at radius 2 is 1.83 bits per heavy atom. The van der Waals surface area contributed by atoms with Crippen LogP contribution in [0.2, 0.25) is 10.0 Å². The zero-order valence-corrected chi connectivity index (χ0v) is 14.1. The van der Waals surface area contributed by atoms with Gasteiger partial charge in [0, 0.05) is 21.7 Å². The minimum Gasteiger partial charge on any atom is -0.439 e. The van der Waals surface area contributed by atoms with Gasteiger partial charge in [-0.3, -0.25) is 0 Å². The second-order valence-electron chi connectivity index (χ2n) is 5.29. The van der Waals surface area contributed by atoms with Crippen LogP contribution in [0.15, 0.2) is 59.1 Å². The minimum atomic E-state index is 0.148. The summed E-state index contributed by atoms with van der Waals surface area (Å²) in [6, 6.07) is 15.5. The van der Waals surface area contributed by atoms with Gasteiger partial charge in [0.25, 0.3) is 0 Å². The zero-order valence-electron chi connectivity index (χ0n) is 12.6. The van der Waals surface area contributed by atoms with Crippen molar-refractivity contribution in [1.29, 1.82) is 0 Å². The topological polar surface area (TPSA) is 38.1 Å². The first-order valence-electron chi connectivity index (χ1n) is 7.31. The van der Waals surface area contributed by atoms with Gasteiger partial charge in [0.2, 0.25) is 5.89 Å². The Kier molecular flexibility index (Phi) is 5.01. The van der Waals surface area contributed by atoms with Crippen LogP contribution < -0.4 is 5.32 Å². The van der Waals surface area contributed by atoms with Gasteiger partial charge >= 0.3 is 0 Å². The summed E-state index contributed by atoms with van der Waals surface area (Å²) in [7, 11) is 0. The lowest BCUT2D eigenvalue weighted by molar-refractivity contribution is 0.454. The Balaban J connectivity index is 1.65. The van der Waals surface area contributed by atoms with Crippen LogP contribution in [0.25, 0.3) is 11.3 Å². The molecule has 23 heavy (non-hydrogen) atoms. The number of aromatic nitrogens is 1. The lowest BCUT2D eigenvalue weighted by Gasteiger charge is -2.13. The average molecular weight is 347 g/mol. The summed E-state index contributed by atoms with van der Waals surface area (Å²) in [4.78, 5) is 4.31. The molecule has 3 aromatic rings. The fourth-order valence-electron chi connectivity index (χ4n) is 2.30. The van der Waals surface area contributed by atoms with Crippen LogP contribution in [-0.2, 0) is 6.54 Å². The van der Waals surface area contributed by atoms with E-state index >= 15 is 0 Å². The SMILES string of the molecule is CC(NCc1ncc(-c2cccc(Cl)c2)o1)c1cccc(Cl)c1. The number of hydrogen-bond acceptors (Lipinski definition) is 3. The highest BCUT2D eigenvalue weighted by atomic mass is 35.5. The van der Waals surface area contributed by atoms with E-state index in [1.54, 1.807) is 6.20 Å². The highest BCUT2D eigenvalue weighted by Gasteiger charge is 2.10. The van der Waals surface area contributed by atoms with Gasteiger partial charge in [0.15, 0.2) is 5.76 Å². The second-order valence-corrected chi connectivity index (χ2v) is 6.16. The highest BCUT2D eigenvalue weighted by molar-refractivity contribution is 6.31. The fourth-order valence-corrected chi connectivity index (χ4v) is 2.69. The van der Waals surface area contributed by atoms with Crippen molar-refractivity contribution in [2.45, 2.75) is 19.5 Å². The van der Waals surface area contributed by atoms with Crippen molar-refractivity contribution in [2.75, 3.05) is 0 Å². The molecule has 0 saturated heterocycles. The molecule has 1 heterocycles. The Morgan fingerprint density at radius 3 is 2.57 bits per heavy atom. The van der Waals surface area contributed by atoms with Crippen molar-refractivity contribution in [3.63, 3.8) is 0 Å². The third-order valence-corrected chi connectivity index (χ3v) is 4.04. The maximum absolute atomic E-state index is 6.02. The Morgan fingerprint density at radius 1 is 1.09 bits per heavy atom. The van der Waals surface area contributed by atoms with Gasteiger partial charge in [0.1, 0.15) is 0 Å². The third kappa shape index (κ3) is 4.14. The highest BCUT2D eigenvalue weighted by Crippen LogP contribution is 2.24. The summed E-state index contributed by atoms with van der Waals surface area (Å²) in [5.74, 6) is 1.34. The summed E-state index contributed by atoms with van der Waals surface area (Å²) in [5.41, 5.74) is 2.04. The van der Waals surface area contributed by atoms with Crippen molar-refractivity contribution >= 4 is 23.2 Å². The van der Waals surface area contributed by atoms with Crippen LogP contribution >= 0.6 is 23.2 Å². The maximum Gasteiger partial charge on any atom is 0.208 e. The van der Waals surface area contributed by atoms with Crippen LogP contribution in [0.5, 0.6) is 0 Å². The zero-order chi connectivity index (χ0) is 16.2. The summed E-state index contributed by atoms with van der Waals surface area (Å²) in [6.45, 7) is 2.61. The van der Waals surface area contributed by atoms with Crippen molar-refractivity contribution < 1.29 is 4.42 Å². The van der Waals surface area contributed by atoms with Gasteiger partial charge in [0.05, 0.1) is 12.7 Å². The summed E-state index contributed by atoms with van der Waals surface area (Å²) >= 11 is 12.0. The van der Waals surface area contributed by atoms with Crippen molar-refractivity contribution in [1.82, 2.24) is 10.3 Å². The summed E-state index contributed by atoms with van der Waals surface area (Å²) in [5, 5.41) is 4.78. The van der Waals surface area contributed by atoms with E-state index in [1.165, 1.54) is 0 Å². The number of benzene rings is 2. The standard InChI is InChI=1S/C18H16Cl2N2O/c1-12(13-4-2-6-15(19)8-13)21-11-18-22-10-17(23-18)14-5-3-7-16(20)9-14/h2-10,12,21H,11H2,1H3. The molecule has 0 radical (unpaired) electrons. The number of hydrogen-bond donors (Lipinski definition) is 1. The smallest absolute Gasteiger partial charge is 0.208 e. The molecule has 5 heteroatoms. The minimum absolute atomic E-state index is 0.148. The van der Waals surface area contributed by atoms with E-state index in [9.17, 15) is 0 Å². The number of nitrogens with zero attached hydrogens (tertiary/aromatic N) is 1. The van der Waals surface area contributed by atoms with Gasteiger partial charge in [-0.05, 0) is 36.8 Å². The molecule has 1 unspecified atom stereocenters. The molecular formula is C18H16Cl2N2O. The largest absolute Gasteiger partial charge is 0.439 e. The van der Waals surface area contributed by atoms with E-state index < -0.39 is 0 Å². The number of oxazole rings is 1. The van der Waals surface area contributed by atoms with E-state index in [1.807, 2.05) is 48.5 Å². The molecule has 1 N–H and O–H groups in total. The van der Waals surface area contributed by atoms with Crippen LogP contribution in [-0.4, -0.2) is 4.98 Å². The molecule has 0 aliphatic carbocycles. The first-order valence-corrected chi connectivity index (χ1v) is 8.07. The molecule has 1 atom stereocenters. The predicted molar refractivity (Wildman–Crippen MR) is 93.7 cm³/mol. The lowest BCUT2D eigenvalue weighted by Crippen LogP contribution is -2.18. The molecule has 0 bridgehead atoms. The number of nitrogens with one attached hydrogen (secondary N) is 1. The predicted octanol–water partition coefficient (Wildman–Crippen LogP) is 5.50. The molecule has 3 rings (SSSR count). The molecule has 0 aliphatic heterocycles. The van der Waals surface area contributed by atoms with Crippen LogP contribution in [0.3, 0.4) is 0 Å².